The minimum atomic E-state index is -0.775. The highest BCUT2D eigenvalue weighted by Crippen LogP contribution is 2.32. The van der Waals surface area contributed by atoms with Crippen LogP contribution in [0, 0.1) is 5.82 Å². The molecule has 21 heavy (non-hydrogen) atoms. The third kappa shape index (κ3) is 2.69. The van der Waals surface area contributed by atoms with Gasteiger partial charge in [0.25, 0.3) is 0 Å². The first-order chi connectivity index (χ1) is 10.0. The highest BCUT2D eigenvalue weighted by atomic mass is 35.5. The normalized spacial score (nSPS) is 18.2. The van der Waals surface area contributed by atoms with Crippen LogP contribution in [0.3, 0.4) is 0 Å². The fourth-order valence-corrected chi connectivity index (χ4v) is 2.93. The molecule has 0 radical (unpaired) electrons. The Morgan fingerprint density at radius 1 is 1.38 bits per heavy atom. The molecule has 0 spiro atoms. The van der Waals surface area contributed by atoms with E-state index in [9.17, 15) is 9.50 Å². The maximum atomic E-state index is 13.5. The largest absolute Gasteiger partial charge is 0.388 e. The summed E-state index contributed by atoms with van der Waals surface area (Å²) >= 11 is 5.89. The number of nitrogens with two attached hydrogens (primary N) is 1. The summed E-state index contributed by atoms with van der Waals surface area (Å²) in [6.45, 7) is 1.67. The molecule has 0 amide bonds. The lowest BCUT2D eigenvalue weighted by molar-refractivity contribution is 0.0250. The van der Waals surface area contributed by atoms with E-state index in [1.165, 1.54) is 6.07 Å². The minimum absolute atomic E-state index is 0.0900. The summed E-state index contributed by atoms with van der Waals surface area (Å²) in [4.78, 5) is 6.34. The fraction of sp³-hybridized carbons (Fsp3) is 0.400. The molecule has 1 aliphatic heterocycles. The van der Waals surface area contributed by atoms with E-state index in [4.69, 9.17) is 17.3 Å². The lowest BCUT2D eigenvalue weighted by Crippen LogP contribution is -2.48. The van der Waals surface area contributed by atoms with Gasteiger partial charge < -0.3 is 15.7 Å². The molecule has 6 heteroatoms. The number of nitrogens with zero attached hydrogens (tertiary/aromatic N) is 2. The van der Waals surface area contributed by atoms with Crippen LogP contribution < -0.4 is 10.6 Å². The molecule has 4 nitrogen and oxygen atoms in total. The third-order valence-corrected chi connectivity index (χ3v) is 4.47. The number of fused-ring (bicyclic) bond motifs is 1. The lowest BCUT2D eigenvalue weighted by Gasteiger charge is -2.39. The topological polar surface area (TPSA) is 62.4 Å². The number of anilines is 1. The summed E-state index contributed by atoms with van der Waals surface area (Å²) in [5.41, 5.74) is 6.37. The summed E-state index contributed by atoms with van der Waals surface area (Å²) < 4.78 is 13.5. The van der Waals surface area contributed by atoms with Gasteiger partial charge >= 0.3 is 0 Å². The zero-order valence-electron chi connectivity index (χ0n) is 11.5. The second kappa shape index (κ2) is 5.40. The van der Waals surface area contributed by atoms with E-state index in [0.717, 1.165) is 11.1 Å². The maximum absolute atomic E-state index is 13.5. The van der Waals surface area contributed by atoms with Crippen LogP contribution in [0.4, 0.5) is 10.1 Å². The number of aliphatic hydroxyl groups is 1. The van der Waals surface area contributed by atoms with Crippen LogP contribution >= 0.6 is 11.6 Å². The van der Waals surface area contributed by atoms with Crippen molar-refractivity contribution >= 4 is 28.2 Å². The van der Waals surface area contributed by atoms with Crippen LogP contribution in [-0.2, 0) is 0 Å². The van der Waals surface area contributed by atoms with E-state index in [1.54, 1.807) is 12.3 Å². The Kier molecular flexibility index (Phi) is 3.73. The van der Waals surface area contributed by atoms with Crippen molar-refractivity contribution in [3.8, 4) is 0 Å². The molecule has 1 aromatic heterocycles. The van der Waals surface area contributed by atoms with Crippen LogP contribution in [0.15, 0.2) is 24.4 Å². The Bertz CT molecular complexity index is 671. The Labute approximate surface area is 127 Å². The van der Waals surface area contributed by atoms with Crippen molar-refractivity contribution in [3.05, 3.63) is 35.2 Å². The quantitative estimate of drug-likeness (QED) is 0.893. The molecular formula is C15H17ClFN3O. The van der Waals surface area contributed by atoms with Gasteiger partial charge in [0.15, 0.2) is 0 Å². The van der Waals surface area contributed by atoms with Crippen LogP contribution in [-0.4, -0.2) is 35.3 Å². The molecule has 0 atom stereocenters. The molecule has 0 aliphatic carbocycles. The predicted octanol–water partition coefficient (Wildman–Crippen LogP) is 2.32. The van der Waals surface area contributed by atoms with Gasteiger partial charge in [-0.15, -0.1) is 0 Å². The highest BCUT2D eigenvalue weighted by Gasteiger charge is 2.31. The van der Waals surface area contributed by atoms with Crippen molar-refractivity contribution in [2.24, 2.45) is 5.73 Å². The van der Waals surface area contributed by atoms with Gasteiger partial charge in [-0.25, -0.2) is 4.39 Å². The summed E-state index contributed by atoms with van der Waals surface area (Å²) in [7, 11) is 0. The first kappa shape index (κ1) is 14.5. The second-order valence-electron chi connectivity index (χ2n) is 5.53. The number of piperidine rings is 1. The van der Waals surface area contributed by atoms with Crippen LogP contribution in [0.1, 0.15) is 12.8 Å². The summed E-state index contributed by atoms with van der Waals surface area (Å²) in [5.74, 6) is -0.468. The van der Waals surface area contributed by atoms with Crippen molar-refractivity contribution in [1.82, 2.24) is 4.98 Å². The number of benzene rings is 1. The van der Waals surface area contributed by atoms with E-state index in [1.807, 2.05) is 6.07 Å². The van der Waals surface area contributed by atoms with Gasteiger partial charge in [-0.05, 0) is 25.0 Å². The van der Waals surface area contributed by atoms with Crippen LogP contribution in [0.25, 0.3) is 10.9 Å². The standard InChI is InChI=1S/C15H17ClFN3O/c16-11-7-10-13(8-12(11)17)19-4-1-14(10)20-5-2-15(21,9-18)3-6-20/h1,4,7-8,21H,2-3,5-6,9,18H2. The molecule has 1 fully saturated rings. The molecule has 1 saturated heterocycles. The molecule has 3 rings (SSSR count). The number of hydrogen-bond acceptors (Lipinski definition) is 4. The molecule has 1 aromatic carbocycles. The van der Waals surface area contributed by atoms with Crippen LogP contribution in [0.5, 0.6) is 0 Å². The Hall–Kier alpha value is -1.43. The molecule has 0 saturated carbocycles. The molecule has 2 aromatic rings. The van der Waals surface area contributed by atoms with Gasteiger partial charge in [-0.2, -0.15) is 0 Å². The zero-order valence-corrected chi connectivity index (χ0v) is 12.3. The first-order valence-corrected chi connectivity index (χ1v) is 7.31. The van der Waals surface area contributed by atoms with Gasteiger partial charge in [0, 0.05) is 43.0 Å². The Morgan fingerprint density at radius 2 is 2.10 bits per heavy atom. The van der Waals surface area contributed by atoms with Gasteiger partial charge in [0.2, 0.25) is 0 Å². The van der Waals surface area contributed by atoms with E-state index in [0.29, 0.717) is 31.4 Å². The summed E-state index contributed by atoms with van der Waals surface area (Å²) in [6.07, 6.45) is 2.89. The molecule has 3 N–H and O–H groups in total. The van der Waals surface area contributed by atoms with Gasteiger partial charge in [0.1, 0.15) is 5.82 Å². The molecule has 2 heterocycles. The van der Waals surface area contributed by atoms with Crippen molar-refractivity contribution in [2.45, 2.75) is 18.4 Å². The molecule has 0 bridgehead atoms. The van der Waals surface area contributed by atoms with E-state index in [-0.39, 0.29) is 11.6 Å². The fourth-order valence-electron chi connectivity index (χ4n) is 2.77. The summed E-state index contributed by atoms with van der Waals surface area (Å²) in [6, 6.07) is 4.85. The monoisotopic (exact) mass is 309 g/mol. The molecular weight excluding hydrogens is 293 g/mol. The third-order valence-electron chi connectivity index (χ3n) is 4.18. The van der Waals surface area contributed by atoms with Crippen molar-refractivity contribution in [3.63, 3.8) is 0 Å². The number of hydrogen-bond donors (Lipinski definition) is 2. The van der Waals surface area contributed by atoms with Crippen molar-refractivity contribution in [2.75, 3.05) is 24.5 Å². The smallest absolute Gasteiger partial charge is 0.143 e. The molecule has 1 aliphatic rings. The van der Waals surface area contributed by atoms with Crippen LogP contribution in [0.2, 0.25) is 5.02 Å². The molecule has 112 valence electrons. The lowest BCUT2D eigenvalue weighted by atomic mass is 9.91. The summed E-state index contributed by atoms with van der Waals surface area (Å²) in [5, 5.41) is 11.1. The van der Waals surface area contributed by atoms with E-state index in [2.05, 4.69) is 9.88 Å². The van der Waals surface area contributed by atoms with Crippen molar-refractivity contribution < 1.29 is 9.50 Å². The van der Waals surface area contributed by atoms with Gasteiger partial charge in [-0.3, -0.25) is 4.98 Å². The van der Waals surface area contributed by atoms with Gasteiger partial charge in [-0.1, -0.05) is 11.6 Å². The van der Waals surface area contributed by atoms with E-state index >= 15 is 0 Å². The van der Waals surface area contributed by atoms with E-state index < -0.39 is 11.4 Å². The maximum Gasteiger partial charge on any atom is 0.143 e. The minimum Gasteiger partial charge on any atom is -0.388 e. The average Bonchev–Trinajstić information content (AvgIpc) is 2.49. The SMILES string of the molecule is NCC1(O)CCN(c2ccnc3cc(F)c(Cl)cc23)CC1. The Balaban J connectivity index is 1.96. The number of halogens is 2. The van der Waals surface area contributed by atoms with Gasteiger partial charge in [0.05, 0.1) is 16.1 Å². The molecule has 0 unspecified atom stereocenters. The van der Waals surface area contributed by atoms with Crippen molar-refractivity contribution in [1.29, 1.82) is 0 Å². The predicted molar refractivity (Wildman–Crippen MR) is 82.2 cm³/mol. The number of rotatable bonds is 2. The number of pyridine rings is 1. The Morgan fingerprint density at radius 3 is 2.76 bits per heavy atom. The zero-order chi connectivity index (χ0) is 15.0. The second-order valence-corrected chi connectivity index (χ2v) is 5.94. The average molecular weight is 310 g/mol. The number of aromatic nitrogens is 1. The first-order valence-electron chi connectivity index (χ1n) is 6.94. The highest BCUT2D eigenvalue weighted by molar-refractivity contribution is 6.31.